The first-order valence-electron chi connectivity index (χ1n) is 5.36. The lowest BCUT2D eigenvalue weighted by molar-refractivity contribution is 0.216. The average molecular weight is 284 g/mol. The lowest BCUT2D eigenvalue weighted by atomic mass is 10.3. The van der Waals surface area contributed by atoms with Crippen LogP contribution in [0.25, 0.3) is 0 Å². The van der Waals surface area contributed by atoms with Gasteiger partial charge in [0.25, 0.3) is 0 Å². The zero-order valence-electron chi connectivity index (χ0n) is 9.48. The number of ether oxygens (including phenoxy) is 2. The molecule has 0 saturated carbocycles. The zero-order valence-corrected chi connectivity index (χ0v) is 11.0. The predicted molar refractivity (Wildman–Crippen MR) is 71.7 cm³/mol. The first-order valence-corrected chi connectivity index (χ1v) is 6.11. The van der Waals surface area contributed by atoms with Crippen LogP contribution in [-0.2, 0) is 0 Å². The molecule has 0 unspecified atom stereocenters. The predicted octanol–water partition coefficient (Wildman–Crippen LogP) is 3.85. The maximum absolute atomic E-state index is 5.84. The Labute approximate surface area is 115 Å². The first kappa shape index (κ1) is 13.0. The highest BCUT2D eigenvalue weighted by Gasteiger charge is 1.97. The molecule has 0 saturated heterocycles. The van der Waals surface area contributed by atoms with Crippen molar-refractivity contribution in [2.24, 2.45) is 0 Å². The van der Waals surface area contributed by atoms with Crippen molar-refractivity contribution in [3.8, 4) is 11.5 Å². The Bertz CT molecular complexity index is 472. The molecule has 0 fully saturated rings. The van der Waals surface area contributed by atoms with E-state index in [1.807, 2.05) is 12.1 Å². The lowest BCUT2D eigenvalue weighted by Crippen LogP contribution is -2.09. The van der Waals surface area contributed by atoms with E-state index in [9.17, 15) is 0 Å². The fraction of sp³-hybridized carbons (Fsp3) is 0.154. The van der Waals surface area contributed by atoms with Crippen molar-refractivity contribution in [1.29, 1.82) is 0 Å². The quantitative estimate of drug-likeness (QED) is 0.781. The summed E-state index contributed by atoms with van der Waals surface area (Å²) in [7, 11) is 0. The second-order valence-corrected chi connectivity index (χ2v) is 4.37. The van der Waals surface area contributed by atoms with Gasteiger partial charge in [0.05, 0.1) is 11.2 Å². The highest BCUT2D eigenvalue weighted by molar-refractivity contribution is 6.30. The highest BCUT2D eigenvalue weighted by Crippen LogP contribution is 2.17. The van der Waals surface area contributed by atoms with E-state index in [4.69, 9.17) is 32.7 Å². The van der Waals surface area contributed by atoms with Gasteiger partial charge in [0.2, 0.25) is 0 Å². The number of aromatic nitrogens is 1. The maximum atomic E-state index is 5.84. The minimum Gasteiger partial charge on any atom is -0.490 e. The topological polar surface area (TPSA) is 31.4 Å². The fourth-order valence-corrected chi connectivity index (χ4v) is 1.69. The summed E-state index contributed by atoms with van der Waals surface area (Å²) in [6.07, 6.45) is 3.15. The molecule has 0 amide bonds. The van der Waals surface area contributed by atoms with Crippen LogP contribution < -0.4 is 9.47 Å². The molecule has 5 heteroatoms. The molecule has 1 heterocycles. The summed E-state index contributed by atoms with van der Waals surface area (Å²) in [5.74, 6) is 1.34. The number of nitrogens with zero attached hydrogens (tertiary/aromatic N) is 1. The van der Waals surface area contributed by atoms with E-state index in [0.29, 0.717) is 29.0 Å². The molecule has 0 aliphatic rings. The Morgan fingerprint density at radius 3 is 2.33 bits per heavy atom. The molecule has 3 nitrogen and oxygen atoms in total. The summed E-state index contributed by atoms with van der Waals surface area (Å²) in [4.78, 5) is 3.92. The van der Waals surface area contributed by atoms with Crippen LogP contribution in [-0.4, -0.2) is 18.2 Å². The van der Waals surface area contributed by atoms with Gasteiger partial charge in [-0.25, -0.2) is 0 Å². The van der Waals surface area contributed by atoms with Crippen molar-refractivity contribution < 1.29 is 9.47 Å². The lowest BCUT2D eigenvalue weighted by Gasteiger charge is -2.08. The van der Waals surface area contributed by atoms with Crippen LogP contribution >= 0.6 is 23.2 Å². The van der Waals surface area contributed by atoms with Gasteiger partial charge in [-0.05, 0) is 18.2 Å². The van der Waals surface area contributed by atoms with Crippen molar-refractivity contribution in [2.75, 3.05) is 13.2 Å². The molecule has 0 N–H and O–H groups in total. The Morgan fingerprint density at radius 2 is 1.61 bits per heavy atom. The molecule has 0 atom stereocenters. The molecule has 94 valence electrons. The second-order valence-electron chi connectivity index (χ2n) is 3.49. The molecule has 1 aromatic heterocycles. The third kappa shape index (κ3) is 4.09. The van der Waals surface area contributed by atoms with Crippen molar-refractivity contribution in [1.82, 2.24) is 4.98 Å². The third-order valence-electron chi connectivity index (χ3n) is 2.10. The first-order chi connectivity index (χ1) is 8.74. The number of hydrogen-bond acceptors (Lipinski definition) is 3. The average Bonchev–Trinajstić information content (AvgIpc) is 2.35. The molecule has 0 aliphatic heterocycles. The van der Waals surface area contributed by atoms with Gasteiger partial charge in [-0.3, -0.25) is 4.98 Å². The molecule has 0 radical (unpaired) electrons. The van der Waals surface area contributed by atoms with Gasteiger partial charge in [-0.15, -0.1) is 0 Å². The number of benzene rings is 1. The van der Waals surface area contributed by atoms with E-state index in [1.54, 1.807) is 30.6 Å². The van der Waals surface area contributed by atoms with Crippen LogP contribution in [0.2, 0.25) is 10.0 Å². The summed E-state index contributed by atoms with van der Waals surface area (Å²) in [6.45, 7) is 0.835. The van der Waals surface area contributed by atoms with Gasteiger partial charge in [0, 0.05) is 17.3 Å². The Morgan fingerprint density at radius 1 is 0.889 bits per heavy atom. The van der Waals surface area contributed by atoms with Crippen LogP contribution in [0.1, 0.15) is 0 Å². The Balaban J connectivity index is 1.76. The van der Waals surface area contributed by atoms with Crippen LogP contribution in [0.15, 0.2) is 42.7 Å². The Kier molecular flexibility index (Phi) is 4.67. The van der Waals surface area contributed by atoms with Gasteiger partial charge >= 0.3 is 0 Å². The van der Waals surface area contributed by atoms with Crippen LogP contribution in [0.3, 0.4) is 0 Å². The molecule has 0 spiro atoms. The molecule has 2 rings (SSSR count). The molecule has 2 aromatic rings. The molecule has 0 bridgehead atoms. The van der Waals surface area contributed by atoms with Crippen molar-refractivity contribution in [2.45, 2.75) is 0 Å². The van der Waals surface area contributed by atoms with Gasteiger partial charge in [0.1, 0.15) is 24.7 Å². The summed E-state index contributed by atoms with van der Waals surface area (Å²) in [5.41, 5.74) is 0. The van der Waals surface area contributed by atoms with Gasteiger partial charge < -0.3 is 9.47 Å². The highest BCUT2D eigenvalue weighted by atomic mass is 35.5. The summed E-state index contributed by atoms with van der Waals surface area (Å²) >= 11 is 11.6. The fourth-order valence-electron chi connectivity index (χ4n) is 1.35. The van der Waals surface area contributed by atoms with E-state index in [0.717, 1.165) is 5.75 Å². The largest absolute Gasteiger partial charge is 0.490 e. The van der Waals surface area contributed by atoms with E-state index >= 15 is 0 Å². The molecule has 1 aromatic carbocycles. The van der Waals surface area contributed by atoms with E-state index in [-0.39, 0.29) is 0 Å². The smallest absolute Gasteiger partial charge is 0.139 e. The number of rotatable bonds is 5. The third-order valence-corrected chi connectivity index (χ3v) is 2.54. The van der Waals surface area contributed by atoms with Crippen molar-refractivity contribution in [3.63, 3.8) is 0 Å². The summed E-state index contributed by atoms with van der Waals surface area (Å²) < 4.78 is 10.9. The normalized spacial score (nSPS) is 10.1. The van der Waals surface area contributed by atoms with E-state index in [1.165, 1.54) is 0 Å². The standard InChI is InChI=1S/C13H11Cl2NO2/c14-10-2-1-3-12(6-10)17-4-5-18-13-7-11(15)8-16-9-13/h1-3,6-9H,4-5H2. The zero-order chi connectivity index (χ0) is 12.8. The molecular weight excluding hydrogens is 273 g/mol. The number of halogens is 2. The van der Waals surface area contributed by atoms with Crippen molar-refractivity contribution in [3.05, 3.63) is 52.8 Å². The number of pyridine rings is 1. The SMILES string of the molecule is Clc1cccc(OCCOc2cncc(Cl)c2)c1. The van der Waals surface area contributed by atoms with Gasteiger partial charge in [-0.1, -0.05) is 29.3 Å². The van der Waals surface area contributed by atoms with E-state index < -0.39 is 0 Å². The molecular formula is C13H11Cl2NO2. The minimum atomic E-state index is 0.411. The van der Waals surface area contributed by atoms with Crippen LogP contribution in [0, 0.1) is 0 Å². The van der Waals surface area contributed by atoms with Crippen LogP contribution in [0.4, 0.5) is 0 Å². The van der Waals surface area contributed by atoms with Gasteiger partial charge in [0.15, 0.2) is 0 Å². The minimum absolute atomic E-state index is 0.411. The Hall–Kier alpha value is -1.45. The van der Waals surface area contributed by atoms with E-state index in [2.05, 4.69) is 4.98 Å². The molecule has 18 heavy (non-hydrogen) atoms. The van der Waals surface area contributed by atoms with Crippen LogP contribution in [0.5, 0.6) is 11.5 Å². The van der Waals surface area contributed by atoms with Gasteiger partial charge in [-0.2, -0.15) is 0 Å². The molecule has 0 aliphatic carbocycles. The second kappa shape index (κ2) is 6.47. The number of hydrogen-bond donors (Lipinski definition) is 0. The summed E-state index contributed by atoms with van der Waals surface area (Å²) in [5, 5.41) is 1.19. The summed E-state index contributed by atoms with van der Waals surface area (Å²) in [6, 6.07) is 8.92. The monoisotopic (exact) mass is 283 g/mol. The van der Waals surface area contributed by atoms with Crippen molar-refractivity contribution >= 4 is 23.2 Å². The maximum Gasteiger partial charge on any atom is 0.139 e.